The van der Waals surface area contributed by atoms with E-state index in [-0.39, 0.29) is 11.1 Å². The Morgan fingerprint density at radius 2 is 1.03 bits per heavy atom. The number of aromatic nitrogens is 1. The van der Waals surface area contributed by atoms with Crippen LogP contribution in [0.1, 0.15) is 20.7 Å². The van der Waals surface area contributed by atoms with Gasteiger partial charge in [-0.2, -0.15) is 0 Å². The molecule has 7 nitrogen and oxygen atoms in total. The molecule has 0 bridgehead atoms. The summed E-state index contributed by atoms with van der Waals surface area (Å²) >= 11 is 0. The summed E-state index contributed by atoms with van der Waals surface area (Å²) in [6.07, 6.45) is 1.57. The predicted molar refractivity (Wildman–Crippen MR) is 126 cm³/mol. The summed E-state index contributed by atoms with van der Waals surface area (Å²) in [7, 11) is 0. The summed E-state index contributed by atoms with van der Waals surface area (Å²) in [6, 6.07) is 23.9. The Balaban J connectivity index is 1.35. The Bertz CT molecular complexity index is 1460. The summed E-state index contributed by atoms with van der Waals surface area (Å²) in [6.45, 7) is 0. The third-order valence-corrected chi connectivity index (χ3v) is 5.28. The first-order valence-corrected chi connectivity index (χ1v) is 10.3. The van der Waals surface area contributed by atoms with Crippen LogP contribution in [0, 0.1) is 0 Å². The second kappa shape index (κ2) is 8.55. The van der Waals surface area contributed by atoms with Crippen LogP contribution in [0.4, 0.5) is 0 Å². The van der Waals surface area contributed by atoms with Gasteiger partial charge in [0.15, 0.2) is 0 Å². The number of carboxylic acid groups (broad SMARTS) is 2. The zero-order valence-electron chi connectivity index (χ0n) is 17.6. The van der Waals surface area contributed by atoms with Gasteiger partial charge < -0.3 is 19.7 Å². The third kappa shape index (κ3) is 4.35. The van der Waals surface area contributed by atoms with Crippen LogP contribution in [0.2, 0.25) is 0 Å². The van der Waals surface area contributed by atoms with E-state index in [0.717, 1.165) is 21.5 Å². The standard InChI is InChI=1S/C27H17NO6/c29-26(30)20-3-1-18-13-22(7-5-16(18)11-20)33-24-9-10-28-25(15-24)34-23-8-6-17-12-21(27(31)32)4-2-19(17)14-23/h1-15H,(H,29,30)(H,31,32). The van der Waals surface area contributed by atoms with E-state index in [2.05, 4.69) is 4.98 Å². The van der Waals surface area contributed by atoms with Crippen LogP contribution < -0.4 is 9.47 Å². The van der Waals surface area contributed by atoms with Crippen LogP contribution in [0.15, 0.2) is 91.1 Å². The van der Waals surface area contributed by atoms with E-state index in [1.54, 1.807) is 79.0 Å². The SMILES string of the molecule is O=C(O)c1ccc2cc(Oc3ccnc(Oc4ccc5cc(C(=O)O)ccc5c4)c3)ccc2c1. The number of carboxylic acids is 2. The van der Waals surface area contributed by atoms with Crippen molar-refractivity contribution in [2.45, 2.75) is 0 Å². The molecule has 34 heavy (non-hydrogen) atoms. The predicted octanol–water partition coefficient (Wildman–Crippen LogP) is 6.37. The van der Waals surface area contributed by atoms with Gasteiger partial charge in [0.25, 0.3) is 0 Å². The summed E-state index contributed by atoms with van der Waals surface area (Å²) in [5, 5.41) is 21.6. The Morgan fingerprint density at radius 1 is 0.559 bits per heavy atom. The topological polar surface area (TPSA) is 106 Å². The molecule has 166 valence electrons. The molecule has 0 radical (unpaired) electrons. The normalized spacial score (nSPS) is 10.8. The zero-order valence-corrected chi connectivity index (χ0v) is 17.6. The average molecular weight is 451 g/mol. The van der Waals surface area contributed by atoms with E-state index in [9.17, 15) is 9.59 Å². The van der Waals surface area contributed by atoms with Crippen molar-refractivity contribution in [3.8, 4) is 23.1 Å². The summed E-state index contributed by atoms with van der Waals surface area (Å²) in [4.78, 5) is 26.5. The largest absolute Gasteiger partial charge is 0.478 e. The van der Waals surface area contributed by atoms with Gasteiger partial charge in [-0.15, -0.1) is 0 Å². The van der Waals surface area contributed by atoms with Gasteiger partial charge >= 0.3 is 11.9 Å². The Morgan fingerprint density at radius 3 is 1.59 bits per heavy atom. The maximum Gasteiger partial charge on any atom is 0.335 e. The maximum atomic E-state index is 11.2. The molecule has 0 aliphatic rings. The van der Waals surface area contributed by atoms with Crippen LogP contribution in [0.3, 0.4) is 0 Å². The van der Waals surface area contributed by atoms with Gasteiger partial charge in [-0.25, -0.2) is 14.6 Å². The van der Waals surface area contributed by atoms with Crippen molar-refractivity contribution in [2.75, 3.05) is 0 Å². The van der Waals surface area contributed by atoms with Crippen molar-refractivity contribution >= 4 is 33.5 Å². The molecule has 5 rings (SSSR count). The van der Waals surface area contributed by atoms with Crippen molar-refractivity contribution in [2.24, 2.45) is 0 Å². The first-order valence-electron chi connectivity index (χ1n) is 10.3. The number of rotatable bonds is 6. The fourth-order valence-corrected chi connectivity index (χ4v) is 3.61. The number of nitrogens with zero attached hydrogens (tertiary/aromatic N) is 1. The van der Waals surface area contributed by atoms with E-state index in [4.69, 9.17) is 19.7 Å². The van der Waals surface area contributed by atoms with Crippen LogP contribution >= 0.6 is 0 Å². The highest BCUT2D eigenvalue weighted by Gasteiger charge is 2.08. The number of aromatic carboxylic acids is 2. The molecule has 0 atom stereocenters. The van der Waals surface area contributed by atoms with Crippen molar-refractivity contribution in [3.05, 3.63) is 102 Å². The molecule has 7 heteroatoms. The molecule has 1 aromatic heterocycles. The van der Waals surface area contributed by atoms with E-state index in [1.165, 1.54) is 0 Å². The number of pyridine rings is 1. The molecule has 0 unspecified atom stereocenters. The highest BCUT2D eigenvalue weighted by atomic mass is 16.5. The molecule has 0 saturated heterocycles. The zero-order chi connectivity index (χ0) is 23.7. The maximum absolute atomic E-state index is 11.2. The average Bonchev–Trinajstić information content (AvgIpc) is 2.83. The lowest BCUT2D eigenvalue weighted by Gasteiger charge is -2.10. The highest BCUT2D eigenvalue weighted by Crippen LogP contribution is 2.30. The van der Waals surface area contributed by atoms with E-state index in [0.29, 0.717) is 23.1 Å². The number of ether oxygens (including phenoxy) is 2. The minimum absolute atomic E-state index is 0.226. The minimum atomic E-state index is -0.973. The first-order chi connectivity index (χ1) is 16.4. The number of hydrogen-bond acceptors (Lipinski definition) is 5. The van der Waals surface area contributed by atoms with Crippen molar-refractivity contribution < 1.29 is 29.3 Å². The summed E-state index contributed by atoms with van der Waals surface area (Å²) < 4.78 is 11.8. The second-order valence-electron chi connectivity index (χ2n) is 7.59. The summed E-state index contributed by atoms with van der Waals surface area (Å²) in [5.41, 5.74) is 0.455. The molecule has 4 aromatic carbocycles. The van der Waals surface area contributed by atoms with Crippen molar-refractivity contribution in [1.82, 2.24) is 4.98 Å². The fourth-order valence-electron chi connectivity index (χ4n) is 3.61. The van der Waals surface area contributed by atoms with Gasteiger partial charge in [0.05, 0.1) is 11.1 Å². The van der Waals surface area contributed by atoms with Crippen LogP contribution in [0.25, 0.3) is 21.5 Å². The van der Waals surface area contributed by atoms with Crippen LogP contribution in [0.5, 0.6) is 23.1 Å². The molecule has 2 N–H and O–H groups in total. The molecule has 0 aliphatic heterocycles. The van der Waals surface area contributed by atoms with Crippen LogP contribution in [-0.4, -0.2) is 27.1 Å². The molecule has 1 heterocycles. The highest BCUT2D eigenvalue weighted by molar-refractivity contribution is 5.95. The summed E-state index contributed by atoms with van der Waals surface area (Å²) in [5.74, 6) is 0.0692. The Labute approximate surface area is 193 Å². The van der Waals surface area contributed by atoms with Gasteiger partial charge in [0.2, 0.25) is 5.88 Å². The lowest BCUT2D eigenvalue weighted by molar-refractivity contribution is 0.0686. The van der Waals surface area contributed by atoms with Gasteiger partial charge in [0.1, 0.15) is 17.2 Å². The number of carbonyl (C=O) groups is 2. The van der Waals surface area contributed by atoms with Crippen molar-refractivity contribution in [1.29, 1.82) is 0 Å². The Hall–Kier alpha value is -4.91. The molecule has 0 aliphatic carbocycles. The van der Waals surface area contributed by atoms with Gasteiger partial charge in [-0.3, -0.25) is 0 Å². The fraction of sp³-hybridized carbons (Fsp3) is 0. The smallest absolute Gasteiger partial charge is 0.335 e. The lowest BCUT2D eigenvalue weighted by atomic mass is 10.1. The van der Waals surface area contributed by atoms with Crippen molar-refractivity contribution in [3.63, 3.8) is 0 Å². The van der Waals surface area contributed by atoms with Gasteiger partial charge in [0, 0.05) is 12.3 Å². The van der Waals surface area contributed by atoms with Crippen LogP contribution in [-0.2, 0) is 0 Å². The molecule has 5 aromatic rings. The van der Waals surface area contributed by atoms with E-state index in [1.807, 2.05) is 12.1 Å². The second-order valence-corrected chi connectivity index (χ2v) is 7.59. The van der Waals surface area contributed by atoms with Gasteiger partial charge in [-0.1, -0.05) is 24.3 Å². The molecule has 0 amide bonds. The monoisotopic (exact) mass is 451 g/mol. The molecular formula is C27H17NO6. The lowest BCUT2D eigenvalue weighted by Crippen LogP contribution is -1.95. The molecular weight excluding hydrogens is 434 g/mol. The third-order valence-electron chi connectivity index (χ3n) is 5.28. The Kier molecular flexibility index (Phi) is 5.27. The molecule has 0 saturated carbocycles. The number of hydrogen-bond donors (Lipinski definition) is 2. The quantitative estimate of drug-likeness (QED) is 0.309. The minimum Gasteiger partial charge on any atom is -0.478 e. The van der Waals surface area contributed by atoms with E-state index < -0.39 is 11.9 Å². The number of fused-ring (bicyclic) bond motifs is 2. The molecule has 0 spiro atoms. The van der Waals surface area contributed by atoms with E-state index >= 15 is 0 Å². The molecule has 0 fully saturated rings. The van der Waals surface area contributed by atoms with Gasteiger partial charge in [-0.05, 0) is 76.1 Å². The number of benzene rings is 4. The first kappa shape index (κ1) is 21.0.